The van der Waals surface area contributed by atoms with E-state index in [-0.39, 0.29) is 32.2 Å². The number of benzene rings is 3. The predicted molar refractivity (Wildman–Crippen MR) is 166 cm³/mol. The van der Waals surface area contributed by atoms with E-state index in [4.69, 9.17) is 0 Å². The number of hydrogen-bond acceptors (Lipinski definition) is 2. The van der Waals surface area contributed by atoms with Gasteiger partial charge in [-0.25, -0.2) is 0 Å². The van der Waals surface area contributed by atoms with Gasteiger partial charge in [-0.1, -0.05) is 0 Å². The Morgan fingerprint density at radius 2 is 1.77 bits per heavy atom. The van der Waals surface area contributed by atoms with Crippen molar-refractivity contribution in [1.29, 1.82) is 0 Å². The van der Waals surface area contributed by atoms with Gasteiger partial charge in [-0.2, -0.15) is 0 Å². The zero-order valence-corrected chi connectivity index (χ0v) is 25.9. The van der Waals surface area contributed by atoms with Crippen molar-refractivity contribution in [2.45, 2.75) is 44.1 Å². The van der Waals surface area contributed by atoms with E-state index in [1.807, 2.05) is 0 Å². The van der Waals surface area contributed by atoms with Gasteiger partial charge in [0, 0.05) is 0 Å². The molecule has 4 aliphatic heterocycles. The summed E-state index contributed by atoms with van der Waals surface area (Å²) in [5.41, 5.74) is 16.5. The summed E-state index contributed by atoms with van der Waals surface area (Å²) in [4.78, 5) is 5.17. The Hall–Kier alpha value is -2.93. The molecular formula is C35H34BIN3-. The van der Waals surface area contributed by atoms with Crippen molar-refractivity contribution in [3.63, 3.8) is 0 Å². The Morgan fingerprint density at radius 3 is 2.60 bits per heavy atom. The predicted octanol–water partition coefficient (Wildman–Crippen LogP) is 1.97. The average Bonchev–Trinajstić information content (AvgIpc) is 3.55. The first-order valence-electron chi connectivity index (χ1n) is 14.8. The minimum absolute atomic E-state index is 0.0937. The van der Waals surface area contributed by atoms with Crippen LogP contribution < -0.4 is 47.4 Å². The van der Waals surface area contributed by atoms with Crippen LogP contribution in [0.1, 0.15) is 43.5 Å². The summed E-state index contributed by atoms with van der Waals surface area (Å²) >= 11 is 0.191. The zero-order chi connectivity index (χ0) is 27.0. The van der Waals surface area contributed by atoms with E-state index in [2.05, 4.69) is 115 Å². The van der Waals surface area contributed by atoms with Crippen LogP contribution in [0.3, 0.4) is 0 Å². The van der Waals surface area contributed by atoms with Gasteiger partial charge in [-0.05, 0) is 0 Å². The second-order valence-corrected chi connectivity index (χ2v) is 15.9. The first-order valence-corrected chi connectivity index (χ1v) is 17.8. The molecule has 0 saturated carbocycles. The standard InChI is InChI=1S/C35H34BIN3/c1-34-18-19-37-21-35(34,2)40-32-27(34)17-16-25-24-15-14-23(38(3)4)20-28(24)36(30(25)32)31-26-12-8-9-13-29(26)39(33(31)40)22-10-6-5-7-11-22/h5-7,9-11,13-17,20H,8,12,18-19,21H2,1-4H3/q-1/t34-,35?/m0/s1. The number of rotatable bonds is 2. The second-order valence-electron chi connectivity index (χ2n) is 12.9. The third-order valence-electron chi connectivity index (χ3n) is 10.9. The van der Waals surface area contributed by atoms with Crippen LogP contribution in [0.15, 0.2) is 66.7 Å². The van der Waals surface area contributed by atoms with Crippen LogP contribution in [-0.2, 0) is 11.8 Å². The first kappa shape index (κ1) is 23.7. The van der Waals surface area contributed by atoms with Crippen molar-refractivity contribution in [2.24, 2.45) is 0 Å². The number of anilines is 3. The molecule has 0 bridgehead atoms. The summed E-state index contributed by atoms with van der Waals surface area (Å²) in [5, 5.41) is 0. The molecule has 3 aromatic carbocycles. The molecule has 1 saturated heterocycles. The van der Waals surface area contributed by atoms with Crippen molar-refractivity contribution in [1.82, 2.24) is 4.57 Å². The van der Waals surface area contributed by atoms with Gasteiger partial charge in [-0.3, -0.25) is 0 Å². The molecule has 200 valence electrons. The molecule has 9 rings (SSSR count). The van der Waals surface area contributed by atoms with Gasteiger partial charge in [-0.15, -0.1) is 0 Å². The zero-order valence-electron chi connectivity index (χ0n) is 23.8. The summed E-state index contributed by atoms with van der Waals surface area (Å²) in [5.74, 6) is 1.46. The molecule has 4 aromatic rings. The molecule has 0 amide bonds. The molecule has 5 heterocycles. The topological polar surface area (TPSA) is 11.4 Å². The van der Waals surface area contributed by atoms with Gasteiger partial charge in [0.15, 0.2) is 0 Å². The van der Waals surface area contributed by atoms with Crippen molar-refractivity contribution in [2.75, 3.05) is 32.8 Å². The maximum atomic E-state index is 2.91. The molecule has 0 N–H and O–H groups in total. The first-order chi connectivity index (χ1) is 19.4. The van der Waals surface area contributed by atoms with E-state index in [0.717, 1.165) is 12.8 Å². The van der Waals surface area contributed by atoms with Crippen LogP contribution in [0.2, 0.25) is 0 Å². The molecule has 5 heteroatoms. The Bertz CT molecular complexity index is 1790. The normalized spacial score (nSPS) is 24.6. The van der Waals surface area contributed by atoms with Crippen LogP contribution >= 0.6 is 0 Å². The van der Waals surface area contributed by atoms with Crippen molar-refractivity contribution >= 4 is 46.4 Å². The molecule has 40 heavy (non-hydrogen) atoms. The number of alkyl halides is 2. The van der Waals surface area contributed by atoms with Gasteiger partial charge in [0.05, 0.1) is 0 Å². The number of fused-ring (bicyclic) bond motifs is 11. The van der Waals surface area contributed by atoms with Crippen molar-refractivity contribution in [3.05, 3.63) is 83.6 Å². The minimum atomic E-state index is 0.0937. The fourth-order valence-corrected chi connectivity index (χ4v) is 12.8. The Balaban J connectivity index is 1.46. The molecule has 0 spiro atoms. The van der Waals surface area contributed by atoms with Crippen LogP contribution in [-0.4, -0.2) is 39.8 Å². The average molecular weight is 634 g/mol. The van der Waals surface area contributed by atoms with E-state index in [9.17, 15) is 0 Å². The van der Waals surface area contributed by atoms with E-state index in [0.29, 0.717) is 6.71 Å². The van der Waals surface area contributed by atoms with Crippen LogP contribution in [0.5, 0.6) is 0 Å². The van der Waals surface area contributed by atoms with Crippen LogP contribution in [0.4, 0.5) is 17.2 Å². The number of hydrogen-bond donors (Lipinski definition) is 0. The molecule has 1 fully saturated rings. The monoisotopic (exact) mass is 634 g/mol. The van der Waals surface area contributed by atoms with Gasteiger partial charge in [0.25, 0.3) is 0 Å². The quantitative estimate of drug-likeness (QED) is 0.167. The summed E-state index contributed by atoms with van der Waals surface area (Å²) in [6.45, 7) is 5.51. The van der Waals surface area contributed by atoms with Gasteiger partial charge < -0.3 is 0 Å². The molecule has 1 unspecified atom stereocenters. The number of allylic oxidation sites excluding steroid dienone is 1. The fraction of sp³-hybridized carbons (Fsp3) is 0.314. The van der Waals surface area contributed by atoms with E-state index < -0.39 is 0 Å². The Kier molecular flexibility index (Phi) is 4.67. The van der Waals surface area contributed by atoms with E-state index in [1.54, 1.807) is 27.7 Å². The van der Waals surface area contributed by atoms with Gasteiger partial charge >= 0.3 is 249 Å². The second kappa shape index (κ2) is 7.87. The van der Waals surface area contributed by atoms with Crippen molar-refractivity contribution < 1.29 is 21.2 Å². The SMILES string of the molecule is CN(C)c1ccc2c(c1)B1c3c-2ccc2c3N(c3c1c1c(n3-c3ccccc3)C=CCC1)C1(C)C[I-]CC[C@@]21C. The number of halogens is 1. The molecule has 1 aromatic heterocycles. The molecule has 5 aliphatic rings. The van der Waals surface area contributed by atoms with E-state index >= 15 is 0 Å². The van der Waals surface area contributed by atoms with Crippen LogP contribution in [0, 0.1) is 0 Å². The molecule has 0 radical (unpaired) electrons. The maximum absolute atomic E-state index is 2.91. The summed E-state index contributed by atoms with van der Waals surface area (Å²) < 4.78 is 5.42. The third kappa shape index (κ3) is 2.65. The molecule has 2 atom stereocenters. The van der Waals surface area contributed by atoms with Crippen molar-refractivity contribution in [3.8, 4) is 16.8 Å². The summed E-state index contributed by atoms with van der Waals surface area (Å²) in [7, 11) is 4.34. The number of para-hydroxylation sites is 1. The van der Waals surface area contributed by atoms with Gasteiger partial charge in [0.1, 0.15) is 0 Å². The molecular weight excluding hydrogens is 600 g/mol. The Labute approximate surface area is 248 Å². The molecule has 1 aliphatic carbocycles. The van der Waals surface area contributed by atoms with Gasteiger partial charge in [0.2, 0.25) is 0 Å². The molecule has 3 nitrogen and oxygen atoms in total. The Morgan fingerprint density at radius 1 is 0.950 bits per heavy atom. The summed E-state index contributed by atoms with van der Waals surface area (Å²) in [6.07, 6.45) is 8.37. The summed E-state index contributed by atoms with van der Waals surface area (Å²) in [6, 6.07) is 23.4. The third-order valence-corrected chi connectivity index (χ3v) is 14.2. The number of nitrogens with zero attached hydrogens (tertiary/aromatic N) is 3. The number of aromatic nitrogens is 1. The van der Waals surface area contributed by atoms with E-state index in [1.165, 1.54) is 54.8 Å². The fourth-order valence-electron chi connectivity index (χ4n) is 8.70. The van der Waals surface area contributed by atoms with Crippen LogP contribution in [0.25, 0.3) is 22.9 Å².